The fourth-order valence-corrected chi connectivity index (χ4v) is 3.83. The molecule has 1 aromatic carbocycles. The van der Waals surface area contributed by atoms with E-state index in [0.29, 0.717) is 5.56 Å². The summed E-state index contributed by atoms with van der Waals surface area (Å²) in [5.74, 6) is -0.346. The van der Waals surface area contributed by atoms with Crippen molar-refractivity contribution in [3.05, 3.63) is 71.2 Å². The molecule has 0 N–H and O–H groups in total. The van der Waals surface area contributed by atoms with Crippen LogP contribution in [-0.2, 0) is 24.2 Å². The third kappa shape index (κ3) is 4.46. The molecule has 0 bridgehead atoms. The van der Waals surface area contributed by atoms with E-state index in [9.17, 15) is 4.79 Å². The van der Waals surface area contributed by atoms with Gasteiger partial charge < -0.3 is 4.74 Å². The molecule has 0 radical (unpaired) electrons. The van der Waals surface area contributed by atoms with Crippen LogP contribution in [-0.4, -0.2) is 45.7 Å². The van der Waals surface area contributed by atoms with Crippen molar-refractivity contribution in [3.63, 3.8) is 0 Å². The van der Waals surface area contributed by atoms with Crippen LogP contribution in [0.1, 0.15) is 27.3 Å². The molecule has 1 aliphatic heterocycles. The summed E-state index contributed by atoms with van der Waals surface area (Å²) < 4.78 is 4.82. The number of pyridine rings is 1. The van der Waals surface area contributed by atoms with Crippen molar-refractivity contribution in [2.75, 3.05) is 19.9 Å². The summed E-state index contributed by atoms with van der Waals surface area (Å²) in [5.41, 5.74) is 5.61. The molecule has 148 valence electrons. The zero-order valence-corrected chi connectivity index (χ0v) is 17.3. The number of ether oxygens (including phenoxy) is 1. The first-order valence-electron chi connectivity index (χ1n) is 9.42. The molecule has 4 rings (SSSR count). The molecule has 29 heavy (non-hydrogen) atoms. The Kier molecular flexibility index (Phi) is 5.87. The predicted molar refractivity (Wildman–Crippen MR) is 113 cm³/mol. The Bertz CT molecular complexity index is 1040. The number of fused-ring (bicyclic) bond motifs is 1. The third-order valence-corrected chi connectivity index (χ3v) is 5.51. The summed E-state index contributed by atoms with van der Waals surface area (Å²) in [4.78, 5) is 28.0. The van der Waals surface area contributed by atoms with Gasteiger partial charge in [-0.05, 0) is 30.5 Å². The van der Waals surface area contributed by atoms with E-state index in [1.54, 1.807) is 17.8 Å². The fraction of sp³-hybridized carbons (Fsp3) is 0.273. The van der Waals surface area contributed by atoms with E-state index in [4.69, 9.17) is 9.72 Å². The van der Waals surface area contributed by atoms with Gasteiger partial charge in [0.15, 0.2) is 5.16 Å². The second-order valence-electron chi connectivity index (χ2n) is 6.88. The Hall–Kier alpha value is -2.77. The molecule has 0 aliphatic carbocycles. The van der Waals surface area contributed by atoms with Gasteiger partial charge in [-0.3, -0.25) is 9.88 Å². The molecule has 6 nitrogen and oxygen atoms in total. The Morgan fingerprint density at radius 1 is 1.21 bits per heavy atom. The Balaban J connectivity index is 1.50. The second kappa shape index (κ2) is 8.71. The fourth-order valence-electron chi connectivity index (χ4n) is 3.47. The van der Waals surface area contributed by atoms with Crippen molar-refractivity contribution in [2.24, 2.45) is 0 Å². The van der Waals surface area contributed by atoms with Gasteiger partial charge in [0.1, 0.15) is 0 Å². The van der Waals surface area contributed by atoms with Gasteiger partial charge in [0.25, 0.3) is 0 Å². The summed E-state index contributed by atoms with van der Waals surface area (Å²) in [5, 5.41) is 0.834. The SMILES string of the molecule is COC(=O)c1cccc(-c2cccc(CN3CCc4nc(SC)ncc4C3)n2)c1. The number of benzene rings is 1. The first kappa shape index (κ1) is 19.5. The molecule has 0 fully saturated rings. The van der Waals surface area contributed by atoms with E-state index in [1.807, 2.05) is 48.9 Å². The normalized spacial score (nSPS) is 13.7. The van der Waals surface area contributed by atoms with Crippen molar-refractivity contribution >= 4 is 17.7 Å². The molecule has 3 aromatic rings. The van der Waals surface area contributed by atoms with Gasteiger partial charge in [-0.25, -0.2) is 14.8 Å². The van der Waals surface area contributed by atoms with Crippen molar-refractivity contribution in [3.8, 4) is 11.3 Å². The Morgan fingerprint density at radius 2 is 2.07 bits per heavy atom. The molecule has 0 spiro atoms. The number of hydrogen-bond donors (Lipinski definition) is 0. The lowest BCUT2D eigenvalue weighted by Gasteiger charge is -2.27. The van der Waals surface area contributed by atoms with Crippen molar-refractivity contribution in [2.45, 2.75) is 24.7 Å². The van der Waals surface area contributed by atoms with Gasteiger partial charge >= 0.3 is 5.97 Å². The van der Waals surface area contributed by atoms with E-state index in [0.717, 1.165) is 53.9 Å². The van der Waals surface area contributed by atoms with E-state index >= 15 is 0 Å². The van der Waals surface area contributed by atoms with Crippen LogP contribution in [0.4, 0.5) is 0 Å². The first-order chi connectivity index (χ1) is 14.2. The molecular weight excluding hydrogens is 384 g/mol. The zero-order valence-electron chi connectivity index (χ0n) is 16.5. The smallest absolute Gasteiger partial charge is 0.337 e. The van der Waals surface area contributed by atoms with Crippen LogP contribution in [0.15, 0.2) is 53.8 Å². The molecule has 2 aromatic heterocycles. The van der Waals surface area contributed by atoms with Crippen LogP contribution in [0.3, 0.4) is 0 Å². The third-order valence-electron chi connectivity index (χ3n) is 4.95. The zero-order chi connectivity index (χ0) is 20.2. The minimum atomic E-state index is -0.346. The predicted octanol–water partition coefficient (Wildman–Crippen LogP) is 3.61. The summed E-state index contributed by atoms with van der Waals surface area (Å²) in [6.07, 6.45) is 4.87. The Morgan fingerprint density at radius 3 is 2.90 bits per heavy atom. The molecule has 0 saturated carbocycles. The number of carbonyl (C=O) groups excluding carboxylic acids is 1. The number of nitrogens with zero attached hydrogens (tertiary/aromatic N) is 4. The summed E-state index contributed by atoms with van der Waals surface area (Å²) in [7, 11) is 1.39. The number of esters is 1. The van der Waals surface area contributed by atoms with Crippen LogP contribution >= 0.6 is 11.8 Å². The second-order valence-corrected chi connectivity index (χ2v) is 7.65. The highest BCUT2D eigenvalue weighted by Gasteiger charge is 2.19. The number of methoxy groups -OCH3 is 1. The molecule has 0 atom stereocenters. The number of carbonyl (C=O) groups is 1. The molecule has 7 heteroatoms. The average Bonchev–Trinajstić information content (AvgIpc) is 2.78. The first-order valence-corrected chi connectivity index (χ1v) is 10.6. The maximum absolute atomic E-state index is 11.8. The standard InChI is InChI=1S/C22H22N4O2S/c1-28-21(27)16-6-3-5-15(11-16)19-8-4-7-18(24-19)14-26-10-9-20-17(13-26)12-23-22(25-20)29-2/h3-8,11-12H,9-10,13-14H2,1-2H3. The maximum Gasteiger partial charge on any atom is 0.337 e. The van der Waals surface area contributed by atoms with Gasteiger partial charge in [0, 0.05) is 43.4 Å². The van der Waals surface area contributed by atoms with Crippen molar-refractivity contribution in [1.29, 1.82) is 0 Å². The van der Waals surface area contributed by atoms with Gasteiger partial charge in [-0.1, -0.05) is 30.0 Å². The minimum absolute atomic E-state index is 0.346. The molecule has 0 saturated heterocycles. The Labute approximate surface area is 174 Å². The molecule has 0 amide bonds. The molecular formula is C22H22N4O2S. The monoisotopic (exact) mass is 406 g/mol. The largest absolute Gasteiger partial charge is 0.465 e. The lowest BCUT2D eigenvalue weighted by Crippen LogP contribution is -2.31. The lowest BCUT2D eigenvalue weighted by atomic mass is 10.1. The summed E-state index contributed by atoms with van der Waals surface area (Å²) in [6.45, 7) is 2.53. The van der Waals surface area contributed by atoms with Crippen LogP contribution in [0.5, 0.6) is 0 Å². The van der Waals surface area contributed by atoms with Gasteiger partial charge in [-0.2, -0.15) is 0 Å². The summed E-state index contributed by atoms with van der Waals surface area (Å²) in [6, 6.07) is 13.4. The summed E-state index contributed by atoms with van der Waals surface area (Å²) >= 11 is 1.57. The molecule has 0 unspecified atom stereocenters. The van der Waals surface area contributed by atoms with Crippen LogP contribution < -0.4 is 0 Å². The van der Waals surface area contributed by atoms with E-state index in [1.165, 1.54) is 12.7 Å². The highest BCUT2D eigenvalue weighted by molar-refractivity contribution is 7.98. The van der Waals surface area contributed by atoms with E-state index in [2.05, 4.69) is 14.9 Å². The van der Waals surface area contributed by atoms with Gasteiger partial charge in [0.2, 0.25) is 0 Å². The topological polar surface area (TPSA) is 68.2 Å². The van der Waals surface area contributed by atoms with Crippen molar-refractivity contribution in [1.82, 2.24) is 19.9 Å². The van der Waals surface area contributed by atoms with Crippen LogP contribution in [0.2, 0.25) is 0 Å². The van der Waals surface area contributed by atoms with Crippen LogP contribution in [0.25, 0.3) is 11.3 Å². The maximum atomic E-state index is 11.8. The number of thioether (sulfide) groups is 1. The minimum Gasteiger partial charge on any atom is -0.465 e. The van der Waals surface area contributed by atoms with Gasteiger partial charge in [0.05, 0.1) is 29.8 Å². The van der Waals surface area contributed by atoms with E-state index < -0.39 is 0 Å². The highest BCUT2D eigenvalue weighted by Crippen LogP contribution is 2.22. The van der Waals surface area contributed by atoms with Gasteiger partial charge in [-0.15, -0.1) is 0 Å². The quantitative estimate of drug-likeness (QED) is 0.364. The molecule has 1 aliphatic rings. The van der Waals surface area contributed by atoms with Crippen LogP contribution in [0, 0.1) is 0 Å². The number of rotatable bonds is 5. The number of hydrogen-bond acceptors (Lipinski definition) is 7. The van der Waals surface area contributed by atoms with E-state index in [-0.39, 0.29) is 5.97 Å². The average molecular weight is 407 g/mol. The lowest BCUT2D eigenvalue weighted by molar-refractivity contribution is 0.0601. The van der Waals surface area contributed by atoms with Crippen molar-refractivity contribution < 1.29 is 9.53 Å². The highest BCUT2D eigenvalue weighted by atomic mass is 32.2. The number of aromatic nitrogens is 3. The molecule has 3 heterocycles.